The topological polar surface area (TPSA) is 122 Å². The highest BCUT2D eigenvalue weighted by atomic mass is 19.3. The van der Waals surface area contributed by atoms with Crippen molar-refractivity contribution >= 4 is 22.9 Å². The molecule has 3 aliphatic rings. The van der Waals surface area contributed by atoms with Crippen molar-refractivity contribution in [3.63, 3.8) is 0 Å². The highest BCUT2D eigenvalue weighted by Gasteiger charge is 2.45. The number of nitrogens with zero attached hydrogens (tertiary/aromatic N) is 5. The highest BCUT2D eigenvalue weighted by molar-refractivity contribution is 5.87. The van der Waals surface area contributed by atoms with Crippen molar-refractivity contribution in [3.05, 3.63) is 63.5 Å². The number of amides is 1. The number of rotatable bonds is 14. The summed E-state index contributed by atoms with van der Waals surface area (Å²) in [7, 11) is 0. The van der Waals surface area contributed by atoms with Gasteiger partial charge in [-0.05, 0) is 90.8 Å². The Bertz CT molecular complexity index is 1770. The standard InChI is InChI=1S/C39H53F3N6O5/c1-25(2)46-17-12-27(13-18-46)30-23-31-35(43-24-44-36(31)48(37(30)49)16-7-5-4-6-11-33-52-21-22-53-33)45-26(3)29-9-8-10-32(34(29)40)39(41,42)28-14-19-47(20-15-28)38(50)51/h8-10,23-28,33H,4-7,11-22H2,1-3H3,(H,50,51)(H,43,44,45). The number of piperidine rings is 2. The van der Waals surface area contributed by atoms with Crippen molar-refractivity contribution in [2.75, 3.05) is 44.7 Å². The van der Waals surface area contributed by atoms with Crippen LogP contribution in [-0.2, 0) is 21.9 Å². The number of likely N-dealkylation sites (tertiary alicyclic amines) is 2. The van der Waals surface area contributed by atoms with Crippen LogP contribution < -0.4 is 10.9 Å². The lowest BCUT2D eigenvalue weighted by Gasteiger charge is -2.35. The maximum absolute atomic E-state index is 16.1. The third-order valence-corrected chi connectivity index (χ3v) is 11.4. The second-order valence-electron chi connectivity index (χ2n) is 15.0. The fourth-order valence-electron chi connectivity index (χ4n) is 8.13. The molecule has 3 aromatic rings. The summed E-state index contributed by atoms with van der Waals surface area (Å²) < 4.78 is 60.6. The molecule has 2 aromatic heterocycles. The summed E-state index contributed by atoms with van der Waals surface area (Å²) in [6, 6.07) is 5.57. The molecule has 5 heterocycles. The van der Waals surface area contributed by atoms with Crippen molar-refractivity contribution < 1.29 is 32.5 Å². The Morgan fingerprint density at radius 3 is 2.38 bits per heavy atom. The smallest absolute Gasteiger partial charge is 0.407 e. The van der Waals surface area contributed by atoms with E-state index in [-0.39, 0.29) is 49.3 Å². The van der Waals surface area contributed by atoms with Crippen molar-refractivity contribution in [1.29, 1.82) is 0 Å². The summed E-state index contributed by atoms with van der Waals surface area (Å²) in [5.41, 5.74) is 0.492. The van der Waals surface area contributed by atoms with Gasteiger partial charge in [0.15, 0.2) is 6.29 Å². The Morgan fingerprint density at radius 1 is 1.00 bits per heavy atom. The second kappa shape index (κ2) is 17.2. The average Bonchev–Trinajstić information content (AvgIpc) is 3.67. The van der Waals surface area contributed by atoms with Crippen LogP contribution in [0.3, 0.4) is 0 Å². The summed E-state index contributed by atoms with van der Waals surface area (Å²) in [5.74, 6) is -5.22. The van der Waals surface area contributed by atoms with Crippen LogP contribution >= 0.6 is 0 Å². The van der Waals surface area contributed by atoms with E-state index in [9.17, 15) is 14.7 Å². The van der Waals surface area contributed by atoms with Crippen LogP contribution in [0.15, 0.2) is 35.4 Å². The molecule has 14 heteroatoms. The molecule has 6 rings (SSSR count). The minimum Gasteiger partial charge on any atom is -0.465 e. The van der Waals surface area contributed by atoms with Gasteiger partial charge in [-0.3, -0.25) is 9.36 Å². The van der Waals surface area contributed by atoms with Crippen LogP contribution in [0.5, 0.6) is 0 Å². The zero-order valence-electron chi connectivity index (χ0n) is 31.0. The molecule has 1 atom stereocenters. The van der Waals surface area contributed by atoms with E-state index in [1.54, 1.807) is 11.5 Å². The molecule has 3 fully saturated rings. The first-order valence-electron chi connectivity index (χ1n) is 19.2. The Kier molecular flexibility index (Phi) is 12.6. The first kappa shape index (κ1) is 39.0. The molecule has 11 nitrogen and oxygen atoms in total. The van der Waals surface area contributed by atoms with E-state index in [0.29, 0.717) is 48.2 Å². The van der Waals surface area contributed by atoms with Gasteiger partial charge in [-0.15, -0.1) is 0 Å². The molecule has 0 bridgehead atoms. The SMILES string of the molecule is CC(Nc1ncnc2c1cc(C1CCN(C(C)C)CC1)c(=O)n2CCCCCCC1OCCO1)c1cccc(C(F)(F)C2CCN(C(=O)O)CC2)c1F. The number of pyridine rings is 1. The van der Waals surface area contributed by atoms with E-state index in [0.717, 1.165) is 69.0 Å². The van der Waals surface area contributed by atoms with Gasteiger partial charge in [0.1, 0.15) is 23.6 Å². The summed E-state index contributed by atoms with van der Waals surface area (Å²) in [6.07, 6.45) is 6.17. The van der Waals surface area contributed by atoms with E-state index in [1.165, 1.54) is 18.5 Å². The minimum absolute atomic E-state index is 0.0230. The number of hydrogen-bond donors (Lipinski definition) is 2. The number of anilines is 1. The molecule has 53 heavy (non-hydrogen) atoms. The van der Waals surface area contributed by atoms with E-state index in [2.05, 4.69) is 34.0 Å². The summed E-state index contributed by atoms with van der Waals surface area (Å²) in [6.45, 7) is 9.54. The number of halogens is 3. The number of unbranched alkanes of at least 4 members (excludes halogenated alkanes) is 3. The Morgan fingerprint density at radius 2 is 1.70 bits per heavy atom. The zero-order chi connectivity index (χ0) is 37.7. The molecule has 2 N–H and O–H groups in total. The first-order valence-corrected chi connectivity index (χ1v) is 19.2. The molecule has 0 spiro atoms. The zero-order valence-corrected chi connectivity index (χ0v) is 31.0. The van der Waals surface area contributed by atoms with Crippen molar-refractivity contribution in [3.8, 4) is 0 Å². The highest BCUT2D eigenvalue weighted by Crippen LogP contribution is 2.44. The average molecular weight is 743 g/mol. The minimum atomic E-state index is -3.49. The lowest BCUT2D eigenvalue weighted by molar-refractivity contribution is -0.0861. The molecule has 3 saturated heterocycles. The molecular formula is C39H53F3N6O5. The number of hydrogen-bond acceptors (Lipinski definition) is 8. The number of ether oxygens (including phenoxy) is 2. The normalized spacial score (nSPS) is 19.0. The molecule has 0 radical (unpaired) electrons. The van der Waals surface area contributed by atoms with Gasteiger partial charge in [0, 0.05) is 42.7 Å². The number of aryl methyl sites for hydroxylation is 1. The summed E-state index contributed by atoms with van der Waals surface area (Å²) in [4.78, 5) is 38.1. The molecule has 0 aliphatic carbocycles. The number of carbonyl (C=O) groups is 1. The molecule has 1 aromatic carbocycles. The number of alkyl halides is 2. The molecule has 0 saturated carbocycles. The van der Waals surface area contributed by atoms with Crippen LogP contribution in [0.4, 0.5) is 23.8 Å². The van der Waals surface area contributed by atoms with Crippen LogP contribution in [0, 0.1) is 11.7 Å². The largest absolute Gasteiger partial charge is 0.465 e. The Hall–Kier alpha value is -3.75. The van der Waals surface area contributed by atoms with Gasteiger partial charge in [0.05, 0.1) is 30.2 Å². The fraction of sp³-hybridized carbons (Fsp3) is 0.641. The maximum atomic E-state index is 16.1. The summed E-state index contributed by atoms with van der Waals surface area (Å²) >= 11 is 0. The Labute approximate surface area is 308 Å². The van der Waals surface area contributed by atoms with Crippen molar-refractivity contribution in [1.82, 2.24) is 24.3 Å². The quantitative estimate of drug-likeness (QED) is 0.162. The Balaban J connectivity index is 1.25. The lowest BCUT2D eigenvalue weighted by Crippen LogP contribution is -2.42. The van der Waals surface area contributed by atoms with Crippen LogP contribution in [-0.4, -0.2) is 87.3 Å². The van der Waals surface area contributed by atoms with Crippen LogP contribution in [0.1, 0.15) is 107 Å². The monoisotopic (exact) mass is 742 g/mol. The number of fused-ring (bicyclic) bond motifs is 1. The maximum Gasteiger partial charge on any atom is 0.407 e. The molecular weight excluding hydrogens is 689 g/mol. The molecule has 3 aliphatic heterocycles. The summed E-state index contributed by atoms with van der Waals surface area (Å²) in [5, 5.41) is 13.1. The third kappa shape index (κ3) is 8.81. The predicted octanol–water partition coefficient (Wildman–Crippen LogP) is 7.50. The number of carboxylic acid groups (broad SMARTS) is 1. The lowest BCUT2D eigenvalue weighted by atomic mass is 9.85. The second-order valence-corrected chi connectivity index (χ2v) is 15.0. The van der Waals surface area contributed by atoms with Crippen molar-refractivity contribution in [2.24, 2.45) is 5.92 Å². The van der Waals surface area contributed by atoms with E-state index >= 15 is 13.2 Å². The first-order chi connectivity index (χ1) is 25.5. The van der Waals surface area contributed by atoms with Crippen molar-refractivity contribution in [2.45, 2.75) is 115 Å². The number of nitrogens with one attached hydrogen (secondary N) is 1. The van der Waals surface area contributed by atoms with Gasteiger partial charge in [-0.2, -0.15) is 0 Å². The van der Waals surface area contributed by atoms with Crippen LogP contribution in [0.2, 0.25) is 0 Å². The van der Waals surface area contributed by atoms with Gasteiger partial charge < -0.3 is 29.7 Å². The van der Waals surface area contributed by atoms with E-state index < -0.39 is 35.4 Å². The predicted molar refractivity (Wildman–Crippen MR) is 196 cm³/mol. The van der Waals surface area contributed by atoms with Gasteiger partial charge in [0.2, 0.25) is 0 Å². The number of aromatic nitrogens is 3. The third-order valence-electron chi connectivity index (χ3n) is 11.4. The fourth-order valence-corrected chi connectivity index (χ4v) is 8.13. The molecule has 290 valence electrons. The van der Waals surface area contributed by atoms with Gasteiger partial charge in [0.25, 0.3) is 11.5 Å². The van der Waals surface area contributed by atoms with Gasteiger partial charge in [-0.25, -0.2) is 27.9 Å². The van der Waals surface area contributed by atoms with E-state index in [4.69, 9.17) is 9.47 Å². The van der Waals surface area contributed by atoms with Gasteiger partial charge in [-0.1, -0.05) is 31.0 Å². The van der Waals surface area contributed by atoms with Gasteiger partial charge >= 0.3 is 6.09 Å². The van der Waals surface area contributed by atoms with E-state index in [1.807, 2.05) is 6.07 Å². The van der Waals surface area contributed by atoms with Crippen LogP contribution in [0.25, 0.3) is 11.0 Å². The molecule has 1 unspecified atom stereocenters. The number of benzene rings is 1. The molecule has 1 amide bonds.